The van der Waals surface area contributed by atoms with Crippen LogP contribution >= 0.6 is 0 Å². The minimum Gasteiger partial charge on any atom is -0.473 e. The van der Waals surface area contributed by atoms with Crippen LogP contribution in [0.25, 0.3) is 0 Å². The summed E-state index contributed by atoms with van der Waals surface area (Å²) in [5.41, 5.74) is 0. The van der Waals surface area contributed by atoms with E-state index in [2.05, 4.69) is 29.6 Å². The van der Waals surface area contributed by atoms with Gasteiger partial charge in [0.2, 0.25) is 0 Å². The fourth-order valence-electron chi connectivity index (χ4n) is 0.935. The summed E-state index contributed by atoms with van der Waals surface area (Å²) in [7, 11) is 0. The van der Waals surface area contributed by atoms with Crippen molar-refractivity contribution in [1.29, 1.82) is 0 Å². The largest absolute Gasteiger partial charge is 0.473 e. The van der Waals surface area contributed by atoms with Crippen LogP contribution in [0.4, 0.5) is 0 Å². The summed E-state index contributed by atoms with van der Waals surface area (Å²) in [4.78, 5) is 9.28. The van der Waals surface area contributed by atoms with Gasteiger partial charge in [-0.25, -0.2) is 4.98 Å². The van der Waals surface area contributed by atoms with E-state index in [4.69, 9.17) is 0 Å². The number of aromatic nitrogens is 5. The molecule has 0 amide bonds. The molecule has 6 nitrogen and oxygen atoms in total. The van der Waals surface area contributed by atoms with E-state index in [9.17, 15) is 0 Å². The zero-order valence-electron chi connectivity index (χ0n) is 18.9. The molecule has 0 unspecified atom stereocenters. The summed E-state index contributed by atoms with van der Waals surface area (Å²) in [6, 6.07) is 9.39. The van der Waals surface area contributed by atoms with Crippen molar-refractivity contribution < 1.29 is 4.42 Å². The van der Waals surface area contributed by atoms with Gasteiger partial charge in [-0.1, -0.05) is 55.4 Å². The molecule has 0 radical (unpaired) electrons. The molecule has 4 rings (SSSR count). The van der Waals surface area contributed by atoms with Crippen LogP contribution in [-0.2, 0) is 0 Å². The molecule has 0 atom stereocenters. The molecule has 0 aliphatic carbocycles. The molecular formula is C22H41N5O. The minimum atomic E-state index is 1.62. The Hall–Kier alpha value is -3.02. The highest BCUT2D eigenvalue weighted by Crippen LogP contribution is 1.79. The topological polar surface area (TPSA) is 86.3 Å². The lowest BCUT2D eigenvalue weighted by Crippen LogP contribution is -1.53. The van der Waals surface area contributed by atoms with Gasteiger partial charge in [0.1, 0.15) is 0 Å². The predicted molar refractivity (Wildman–Crippen MR) is 122 cm³/mol. The van der Waals surface area contributed by atoms with Crippen LogP contribution in [-0.4, -0.2) is 25.1 Å². The molecule has 0 saturated heterocycles. The number of imidazole rings is 1. The van der Waals surface area contributed by atoms with Gasteiger partial charge in [0, 0.05) is 37.2 Å². The lowest BCUT2D eigenvalue weighted by atomic mass is 10.7. The smallest absolute Gasteiger partial charge is 0.0919 e. The van der Waals surface area contributed by atoms with Crippen LogP contribution in [0.15, 0.2) is 90.8 Å². The standard InChI is InChI=1S/C4H5N.C4H4O.2C3H4N2.4C2H6/c2*1-2-4-5-3-1;1-2-5-3-4-1;1-2-4-5-3-1;4*1-2/h1-5H;1-4H;2*1-3H,(H,4,5);4*1-2H3. The molecule has 4 aromatic heterocycles. The number of nitrogens with zero attached hydrogens (tertiary/aromatic N) is 2. The van der Waals surface area contributed by atoms with E-state index in [-0.39, 0.29) is 0 Å². The van der Waals surface area contributed by atoms with Gasteiger partial charge in [-0.3, -0.25) is 5.10 Å². The summed E-state index contributed by atoms with van der Waals surface area (Å²) in [5.74, 6) is 0. The predicted octanol–water partition coefficient (Wildman–Crippen LogP) is 7.22. The van der Waals surface area contributed by atoms with Crippen LogP contribution in [0.1, 0.15) is 55.4 Å². The van der Waals surface area contributed by atoms with E-state index >= 15 is 0 Å². The van der Waals surface area contributed by atoms with Crippen LogP contribution in [0.3, 0.4) is 0 Å². The minimum absolute atomic E-state index is 1.62. The highest BCUT2D eigenvalue weighted by Gasteiger charge is 1.59. The summed E-state index contributed by atoms with van der Waals surface area (Å²) >= 11 is 0. The third kappa shape index (κ3) is 38.5. The average molecular weight is 392 g/mol. The molecule has 0 aliphatic rings. The first-order chi connectivity index (χ1) is 14.0. The van der Waals surface area contributed by atoms with E-state index in [1.54, 1.807) is 43.6 Å². The molecule has 0 spiro atoms. The van der Waals surface area contributed by atoms with E-state index in [1.165, 1.54) is 0 Å². The van der Waals surface area contributed by atoms with Crippen molar-refractivity contribution in [3.05, 3.63) is 86.4 Å². The Morgan fingerprint density at radius 1 is 0.571 bits per heavy atom. The molecule has 0 aromatic carbocycles. The number of aromatic amines is 3. The molecule has 0 bridgehead atoms. The first-order valence-electron chi connectivity index (χ1n) is 9.91. The molecule has 0 fully saturated rings. The molecular weight excluding hydrogens is 350 g/mol. The molecule has 4 aromatic rings. The molecule has 160 valence electrons. The van der Waals surface area contributed by atoms with E-state index < -0.39 is 0 Å². The Morgan fingerprint density at radius 2 is 1.14 bits per heavy atom. The number of rotatable bonds is 0. The van der Waals surface area contributed by atoms with Gasteiger partial charge in [-0.05, 0) is 30.3 Å². The highest BCUT2D eigenvalue weighted by molar-refractivity contribution is 4.84. The van der Waals surface area contributed by atoms with E-state index in [1.807, 2.05) is 98.1 Å². The average Bonchev–Trinajstić information content (AvgIpc) is 3.66. The maximum absolute atomic E-state index is 4.58. The zero-order chi connectivity index (χ0) is 22.1. The molecule has 28 heavy (non-hydrogen) atoms. The number of hydrogen-bond donors (Lipinski definition) is 3. The number of nitrogens with one attached hydrogen (secondary N) is 3. The van der Waals surface area contributed by atoms with Crippen molar-refractivity contribution in [3.8, 4) is 0 Å². The fourth-order valence-corrected chi connectivity index (χ4v) is 0.935. The van der Waals surface area contributed by atoms with Crippen molar-refractivity contribution in [1.82, 2.24) is 25.1 Å². The normalized spacial score (nSPS) is 6.57. The molecule has 0 saturated carbocycles. The van der Waals surface area contributed by atoms with Crippen LogP contribution in [0.2, 0.25) is 0 Å². The second-order valence-corrected chi connectivity index (χ2v) is 3.21. The molecule has 0 aliphatic heterocycles. The fraction of sp³-hybridized carbons (Fsp3) is 0.364. The Kier molecular flexibility index (Phi) is 51.2. The van der Waals surface area contributed by atoms with Crippen molar-refractivity contribution in [3.63, 3.8) is 0 Å². The Balaban J connectivity index is -0.000000123. The summed E-state index contributed by atoms with van der Waals surface area (Å²) in [5, 5.41) is 6.21. The Morgan fingerprint density at radius 3 is 1.29 bits per heavy atom. The number of H-pyrrole nitrogens is 3. The van der Waals surface area contributed by atoms with Crippen molar-refractivity contribution >= 4 is 0 Å². The zero-order valence-corrected chi connectivity index (χ0v) is 18.9. The van der Waals surface area contributed by atoms with Gasteiger partial charge in [0.05, 0.1) is 18.9 Å². The van der Waals surface area contributed by atoms with Crippen LogP contribution in [0.5, 0.6) is 0 Å². The van der Waals surface area contributed by atoms with Gasteiger partial charge in [-0.15, -0.1) is 0 Å². The monoisotopic (exact) mass is 391 g/mol. The second-order valence-electron chi connectivity index (χ2n) is 3.21. The highest BCUT2D eigenvalue weighted by atomic mass is 16.3. The van der Waals surface area contributed by atoms with Crippen LogP contribution < -0.4 is 0 Å². The summed E-state index contributed by atoms with van der Waals surface area (Å²) in [6.45, 7) is 16.0. The van der Waals surface area contributed by atoms with Crippen LogP contribution in [0, 0.1) is 0 Å². The van der Waals surface area contributed by atoms with Gasteiger partial charge < -0.3 is 14.4 Å². The van der Waals surface area contributed by atoms with E-state index in [0.717, 1.165) is 0 Å². The first-order valence-corrected chi connectivity index (χ1v) is 9.91. The van der Waals surface area contributed by atoms with Gasteiger partial charge in [0.25, 0.3) is 0 Å². The van der Waals surface area contributed by atoms with Crippen molar-refractivity contribution in [2.24, 2.45) is 0 Å². The number of furan rings is 1. The lowest BCUT2D eigenvalue weighted by molar-refractivity contribution is 0.567. The Bertz CT molecular complexity index is 356. The summed E-state index contributed by atoms with van der Waals surface area (Å²) in [6.07, 6.45) is 15.5. The maximum atomic E-state index is 4.58. The molecule has 6 heteroatoms. The lowest BCUT2D eigenvalue weighted by Gasteiger charge is -1.50. The SMILES string of the molecule is CC.CC.CC.CC.c1c[nH]cn1.c1cc[nH]c1.c1ccoc1.c1cn[nH]c1. The molecule has 4 heterocycles. The van der Waals surface area contributed by atoms with Gasteiger partial charge >= 0.3 is 0 Å². The third-order valence-corrected chi connectivity index (χ3v) is 1.73. The second kappa shape index (κ2) is 43.9. The van der Waals surface area contributed by atoms with E-state index in [0.29, 0.717) is 0 Å². The van der Waals surface area contributed by atoms with Crippen molar-refractivity contribution in [2.75, 3.05) is 0 Å². The van der Waals surface area contributed by atoms with Gasteiger partial charge in [0.15, 0.2) is 0 Å². The maximum Gasteiger partial charge on any atom is 0.0919 e. The first kappa shape index (κ1) is 32.6. The number of hydrogen-bond acceptors (Lipinski definition) is 3. The van der Waals surface area contributed by atoms with Gasteiger partial charge in [-0.2, -0.15) is 5.10 Å². The van der Waals surface area contributed by atoms with Crippen molar-refractivity contribution in [2.45, 2.75) is 55.4 Å². The molecule has 3 N–H and O–H groups in total. The Labute approximate surface area is 171 Å². The quantitative estimate of drug-likeness (QED) is 0.296. The summed E-state index contributed by atoms with van der Waals surface area (Å²) < 4.78 is 4.58. The third-order valence-electron chi connectivity index (χ3n) is 1.73.